The van der Waals surface area contributed by atoms with Gasteiger partial charge in [0.1, 0.15) is 11.9 Å². The lowest BCUT2D eigenvalue weighted by atomic mass is 9.84. The van der Waals surface area contributed by atoms with Crippen molar-refractivity contribution in [2.24, 2.45) is 5.92 Å². The average molecular weight is 373 g/mol. The van der Waals surface area contributed by atoms with Crippen molar-refractivity contribution in [2.45, 2.75) is 44.2 Å². The van der Waals surface area contributed by atoms with Crippen molar-refractivity contribution in [2.75, 3.05) is 38.3 Å². The topological polar surface area (TPSA) is 72.0 Å². The number of amides is 1. The fraction of sp³-hybridized carbons (Fsp3) is 0.650. The van der Waals surface area contributed by atoms with E-state index in [1.807, 2.05) is 12.1 Å². The number of methoxy groups -OCH3 is 1. The van der Waals surface area contributed by atoms with Gasteiger partial charge in [-0.1, -0.05) is 12.8 Å². The largest absolute Gasteiger partial charge is 0.467 e. The third kappa shape index (κ3) is 3.52. The molecule has 1 aromatic rings. The summed E-state index contributed by atoms with van der Waals surface area (Å²) in [6, 6.07) is 3.37. The second-order valence-electron chi connectivity index (χ2n) is 7.60. The number of aromatic nitrogens is 1. The van der Waals surface area contributed by atoms with Gasteiger partial charge in [0.2, 0.25) is 0 Å². The Morgan fingerprint density at radius 3 is 2.67 bits per heavy atom. The first-order chi connectivity index (χ1) is 13.2. The molecule has 146 valence electrons. The van der Waals surface area contributed by atoms with Gasteiger partial charge in [-0.25, -0.2) is 9.78 Å². The molecular weight excluding hydrogens is 346 g/mol. The van der Waals surface area contributed by atoms with Crippen LogP contribution in [0.4, 0.5) is 5.82 Å². The Morgan fingerprint density at radius 2 is 1.96 bits per heavy atom. The molecule has 0 unspecified atom stereocenters. The maximum atomic E-state index is 13.3. The number of ether oxygens (including phenoxy) is 2. The maximum Gasteiger partial charge on any atom is 0.328 e. The zero-order valence-electron chi connectivity index (χ0n) is 15.8. The molecule has 0 N–H and O–H groups in total. The predicted molar refractivity (Wildman–Crippen MR) is 99.6 cm³/mol. The minimum Gasteiger partial charge on any atom is -0.467 e. The highest BCUT2D eigenvalue weighted by Crippen LogP contribution is 2.40. The number of carbonyl (C=O) groups is 2. The van der Waals surface area contributed by atoms with Crippen LogP contribution in [0.5, 0.6) is 0 Å². The fourth-order valence-electron chi connectivity index (χ4n) is 4.74. The van der Waals surface area contributed by atoms with Gasteiger partial charge in [-0.2, -0.15) is 0 Å². The Kier molecular flexibility index (Phi) is 5.29. The molecule has 1 aliphatic carbocycles. The number of hydrogen-bond acceptors (Lipinski definition) is 6. The Hall–Kier alpha value is -2.15. The third-order valence-corrected chi connectivity index (χ3v) is 6.13. The number of pyridine rings is 1. The summed E-state index contributed by atoms with van der Waals surface area (Å²) in [4.78, 5) is 34.0. The Balaban J connectivity index is 1.54. The molecule has 0 spiro atoms. The van der Waals surface area contributed by atoms with Gasteiger partial charge in [0.15, 0.2) is 0 Å². The van der Waals surface area contributed by atoms with Crippen molar-refractivity contribution in [3.8, 4) is 0 Å². The summed E-state index contributed by atoms with van der Waals surface area (Å²) in [5, 5.41) is 0. The minimum atomic E-state index is -0.477. The average Bonchev–Trinajstić information content (AvgIpc) is 3.13. The molecule has 1 saturated carbocycles. The van der Waals surface area contributed by atoms with Crippen LogP contribution >= 0.6 is 0 Å². The van der Waals surface area contributed by atoms with E-state index in [-0.39, 0.29) is 17.9 Å². The minimum absolute atomic E-state index is 0.110. The van der Waals surface area contributed by atoms with Crippen molar-refractivity contribution >= 4 is 17.7 Å². The van der Waals surface area contributed by atoms with Crippen molar-refractivity contribution < 1.29 is 19.1 Å². The van der Waals surface area contributed by atoms with Crippen LogP contribution in [0.25, 0.3) is 0 Å². The number of fused-ring (bicyclic) bond motifs is 1. The van der Waals surface area contributed by atoms with E-state index in [0.29, 0.717) is 31.1 Å². The van der Waals surface area contributed by atoms with E-state index >= 15 is 0 Å². The van der Waals surface area contributed by atoms with Gasteiger partial charge in [0, 0.05) is 25.3 Å². The molecule has 7 heteroatoms. The van der Waals surface area contributed by atoms with E-state index in [2.05, 4.69) is 9.88 Å². The van der Waals surface area contributed by atoms with Gasteiger partial charge < -0.3 is 19.3 Å². The first kappa shape index (κ1) is 18.2. The Bertz CT molecular complexity index is 687. The van der Waals surface area contributed by atoms with E-state index in [4.69, 9.17) is 9.47 Å². The van der Waals surface area contributed by atoms with Crippen molar-refractivity contribution in [1.82, 2.24) is 9.88 Å². The Morgan fingerprint density at radius 1 is 1.19 bits per heavy atom. The molecule has 1 aromatic heterocycles. The maximum absolute atomic E-state index is 13.3. The number of hydrogen-bond donors (Lipinski definition) is 0. The zero-order valence-corrected chi connectivity index (χ0v) is 15.8. The fourth-order valence-corrected chi connectivity index (χ4v) is 4.74. The summed E-state index contributed by atoms with van der Waals surface area (Å²) >= 11 is 0. The lowest BCUT2D eigenvalue weighted by molar-refractivity contribution is -0.145. The standard InChI is InChI=1S/C20H27N3O4/c1-26-20(25)17-12-14-4-2-3-5-16(14)23(17)19(24)15-6-7-18(21-13-15)22-8-10-27-11-9-22/h6-7,13-14,16-17H,2-5,8-12H2,1H3/t14-,16+,17+/m1/s1. The summed E-state index contributed by atoms with van der Waals surface area (Å²) in [6.07, 6.45) is 6.67. The van der Waals surface area contributed by atoms with Gasteiger partial charge in [-0.3, -0.25) is 4.79 Å². The van der Waals surface area contributed by atoms with Crippen molar-refractivity contribution in [1.29, 1.82) is 0 Å². The smallest absolute Gasteiger partial charge is 0.328 e. The van der Waals surface area contributed by atoms with E-state index in [0.717, 1.165) is 38.2 Å². The first-order valence-corrected chi connectivity index (χ1v) is 9.88. The van der Waals surface area contributed by atoms with E-state index in [9.17, 15) is 9.59 Å². The summed E-state index contributed by atoms with van der Waals surface area (Å²) in [7, 11) is 1.39. The quantitative estimate of drug-likeness (QED) is 0.753. The van der Waals surface area contributed by atoms with Crippen LogP contribution in [0.15, 0.2) is 18.3 Å². The monoisotopic (exact) mass is 373 g/mol. The van der Waals surface area contributed by atoms with Crippen LogP contribution < -0.4 is 4.90 Å². The molecular formula is C20H27N3O4. The summed E-state index contributed by atoms with van der Waals surface area (Å²) < 4.78 is 10.4. The molecule has 0 radical (unpaired) electrons. The van der Waals surface area contributed by atoms with Crippen LogP contribution in [-0.2, 0) is 14.3 Å². The lowest BCUT2D eigenvalue weighted by Gasteiger charge is -2.33. The van der Waals surface area contributed by atoms with Crippen LogP contribution in [0.2, 0.25) is 0 Å². The van der Waals surface area contributed by atoms with Gasteiger partial charge >= 0.3 is 5.97 Å². The van der Waals surface area contributed by atoms with Crippen molar-refractivity contribution in [3.05, 3.63) is 23.9 Å². The molecule has 2 saturated heterocycles. The highest BCUT2D eigenvalue weighted by Gasteiger charge is 2.48. The lowest BCUT2D eigenvalue weighted by Crippen LogP contribution is -2.46. The second-order valence-corrected chi connectivity index (χ2v) is 7.60. The van der Waals surface area contributed by atoms with Crippen LogP contribution in [0.3, 0.4) is 0 Å². The molecule has 2 aliphatic heterocycles. The number of anilines is 1. The van der Waals surface area contributed by atoms with Gasteiger partial charge in [0.25, 0.3) is 5.91 Å². The molecule has 7 nitrogen and oxygen atoms in total. The number of likely N-dealkylation sites (tertiary alicyclic amines) is 1. The zero-order chi connectivity index (χ0) is 18.8. The van der Waals surface area contributed by atoms with E-state index < -0.39 is 6.04 Å². The molecule has 1 amide bonds. The van der Waals surface area contributed by atoms with Gasteiger partial charge in [-0.05, 0) is 37.3 Å². The molecule has 0 bridgehead atoms. The number of nitrogens with zero attached hydrogens (tertiary/aromatic N) is 3. The molecule has 3 heterocycles. The molecule has 27 heavy (non-hydrogen) atoms. The summed E-state index contributed by atoms with van der Waals surface area (Å²) in [6.45, 7) is 3.00. The number of carbonyl (C=O) groups excluding carboxylic acids is 2. The Labute approximate surface area is 159 Å². The van der Waals surface area contributed by atoms with Crippen LogP contribution in [-0.4, -0.2) is 67.3 Å². The molecule has 3 atom stereocenters. The molecule has 3 fully saturated rings. The van der Waals surface area contributed by atoms with Crippen molar-refractivity contribution in [3.63, 3.8) is 0 Å². The predicted octanol–water partition coefficient (Wildman–Crippen LogP) is 1.86. The molecule has 3 aliphatic rings. The van der Waals surface area contributed by atoms with Crippen LogP contribution in [0, 0.1) is 5.92 Å². The van der Waals surface area contributed by atoms with Crippen LogP contribution in [0.1, 0.15) is 42.5 Å². The van der Waals surface area contributed by atoms with Gasteiger partial charge in [-0.15, -0.1) is 0 Å². The highest BCUT2D eigenvalue weighted by atomic mass is 16.5. The SMILES string of the molecule is COC(=O)[C@@H]1C[C@H]2CCCC[C@@H]2N1C(=O)c1ccc(N2CCOCC2)nc1. The summed E-state index contributed by atoms with van der Waals surface area (Å²) in [5.41, 5.74) is 0.534. The molecule has 4 rings (SSSR count). The van der Waals surface area contributed by atoms with E-state index in [1.54, 1.807) is 11.1 Å². The van der Waals surface area contributed by atoms with E-state index in [1.165, 1.54) is 13.5 Å². The summed E-state index contributed by atoms with van der Waals surface area (Å²) in [5.74, 6) is 0.834. The second kappa shape index (κ2) is 7.84. The van der Waals surface area contributed by atoms with Gasteiger partial charge in [0.05, 0.1) is 25.9 Å². The number of morpholine rings is 1. The highest BCUT2D eigenvalue weighted by molar-refractivity contribution is 5.97. The molecule has 0 aromatic carbocycles. The normalized spacial score (nSPS) is 28.0. The first-order valence-electron chi connectivity index (χ1n) is 9.88. The third-order valence-electron chi connectivity index (χ3n) is 6.13. The number of rotatable bonds is 3. The number of esters is 1.